The maximum atomic E-state index is 10.7. The summed E-state index contributed by atoms with van der Waals surface area (Å²) in [5.41, 5.74) is 0. The molecule has 0 aromatic heterocycles. The average molecular weight is 504 g/mol. The Labute approximate surface area is 192 Å². The smallest absolute Gasteiger partial charge is 0.224 e. The third kappa shape index (κ3) is 4.71. The normalized spacial score (nSPS) is 53.1. The highest BCUT2D eigenvalue weighted by Gasteiger charge is 2.62. The maximum Gasteiger partial charge on any atom is 0.224 e. The topological polar surface area (TPSA) is 280 Å². The predicted octanol–water partition coefficient (Wildman–Crippen LogP) is -8.18. The van der Waals surface area contributed by atoms with E-state index in [4.69, 9.17) is 18.9 Å². The Hall–Kier alpha value is -0.640. The van der Waals surface area contributed by atoms with Crippen LogP contribution in [0.2, 0.25) is 0 Å². The van der Waals surface area contributed by atoms with E-state index in [0.29, 0.717) is 0 Å². The molecule has 3 rings (SSSR count). The zero-order chi connectivity index (χ0) is 25.5. The maximum absolute atomic E-state index is 10.7. The summed E-state index contributed by atoms with van der Waals surface area (Å²) < 4.78 is 21.1. The molecule has 0 saturated carbocycles. The SMILES string of the molecule is OC[C@H]1O[C@@H](O[C@@]2(CO)O[C@H](C(O)[C@@H]3O[C@H](CO)[C@@H](O)[C@H](O)[C@H]3O)[C@@H](O)[C@@H]2O)[C@H](O)[C@@H](O)[C@H]1O. The summed E-state index contributed by atoms with van der Waals surface area (Å²) in [6.07, 6.45) is -25.5. The van der Waals surface area contributed by atoms with E-state index in [9.17, 15) is 61.3 Å². The monoisotopic (exact) mass is 504 g/mol. The Morgan fingerprint density at radius 3 is 1.71 bits per heavy atom. The fraction of sp³-hybridized carbons (Fsp3) is 1.00. The molecule has 3 fully saturated rings. The second-order valence-electron chi connectivity index (χ2n) is 8.59. The van der Waals surface area contributed by atoms with E-state index in [-0.39, 0.29) is 0 Å². The summed E-state index contributed by atoms with van der Waals surface area (Å²) in [6, 6.07) is 0. The summed E-state index contributed by atoms with van der Waals surface area (Å²) in [7, 11) is 0. The van der Waals surface area contributed by atoms with Crippen LogP contribution in [0.5, 0.6) is 0 Å². The molecule has 15 atom stereocenters. The number of rotatable bonds is 7. The van der Waals surface area contributed by atoms with Crippen LogP contribution in [0.4, 0.5) is 0 Å². The molecule has 0 aromatic carbocycles. The van der Waals surface area contributed by atoms with Crippen LogP contribution in [0, 0.1) is 0 Å². The molecule has 1 unspecified atom stereocenters. The van der Waals surface area contributed by atoms with Crippen LogP contribution in [0.25, 0.3) is 0 Å². The minimum absolute atomic E-state index is 0.800. The number of aliphatic hydroxyl groups is 12. The van der Waals surface area contributed by atoms with Crippen molar-refractivity contribution in [2.45, 2.75) is 91.4 Å². The zero-order valence-corrected chi connectivity index (χ0v) is 17.7. The average Bonchev–Trinajstić information content (AvgIpc) is 3.08. The molecule has 0 aliphatic carbocycles. The van der Waals surface area contributed by atoms with Gasteiger partial charge in [0.15, 0.2) is 6.29 Å². The molecule has 16 heteroatoms. The molecular formula is C18H32O16. The molecule has 0 amide bonds. The van der Waals surface area contributed by atoms with Crippen LogP contribution < -0.4 is 0 Å². The van der Waals surface area contributed by atoms with Crippen molar-refractivity contribution in [1.29, 1.82) is 0 Å². The largest absolute Gasteiger partial charge is 0.394 e. The quantitative estimate of drug-likeness (QED) is 0.153. The first kappa shape index (κ1) is 27.9. The zero-order valence-electron chi connectivity index (χ0n) is 17.7. The molecule has 200 valence electrons. The lowest BCUT2D eigenvalue weighted by atomic mass is 9.89. The number of hydrogen-bond acceptors (Lipinski definition) is 16. The van der Waals surface area contributed by atoms with Gasteiger partial charge in [-0.05, 0) is 0 Å². The summed E-state index contributed by atoms with van der Waals surface area (Å²) in [4.78, 5) is 0. The standard InChI is InChI=1S/C18H32O16/c19-1-4-6(22)8(24)10(26)14(31-4)12(28)15-13(29)16(30)18(3-21,33-15)34-17-11(27)9(25)7(23)5(2-20)32-17/h4-17,19-30H,1-3H2/t4-,5-,6-,7+,8+,9+,10-,11-,12?,13-,14-,15-,16+,17+,18-/m1/s1. The number of aliphatic hydroxyl groups excluding tert-OH is 12. The second kappa shape index (κ2) is 10.8. The van der Waals surface area contributed by atoms with Gasteiger partial charge in [0.25, 0.3) is 0 Å². The third-order valence-corrected chi connectivity index (χ3v) is 6.43. The van der Waals surface area contributed by atoms with Crippen molar-refractivity contribution >= 4 is 0 Å². The van der Waals surface area contributed by atoms with Crippen molar-refractivity contribution in [3.8, 4) is 0 Å². The van der Waals surface area contributed by atoms with Gasteiger partial charge >= 0.3 is 0 Å². The van der Waals surface area contributed by atoms with Gasteiger partial charge in [-0.3, -0.25) is 0 Å². The predicted molar refractivity (Wildman–Crippen MR) is 101 cm³/mol. The molecule has 12 N–H and O–H groups in total. The van der Waals surface area contributed by atoms with E-state index in [0.717, 1.165) is 0 Å². The third-order valence-electron chi connectivity index (χ3n) is 6.43. The lowest BCUT2D eigenvalue weighted by Crippen LogP contribution is -2.64. The van der Waals surface area contributed by atoms with E-state index in [1.807, 2.05) is 0 Å². The van der Waals surface area contributed by atoms with Crippen molar-refractivity contribution in [3.05, 3.63) is 0 Å². The van der Waals surface area contributed by atoms with Crippen molar-refractivity contribution in [3.63, 3.8) is 0 Å². The molecule has 3 saturated heterocycles. The van der Waals surface area contributed by atoms with Crippen LogP contribution >= 0.6 is 0 Å². The molecule has 0 radical (unpaired) electrons. The van der Waals surface area contributed by atoms with E-state index < -0.39 is 111 Å². The molecule has 16 nitrogen and oxygen atoms in total. The highest BCUT2D eigenvalue weighted by atomic mass is 16.8. The summed E-state index contributed by atoms with van der Waals surface area (Å²) >= 11 is 0. The van der Waals surface area contributed by atoms with Gasteiger partial charge in [0, 0.05) is 0 Å². The van der Waals surface area contributed by atoms with Crippen molar-refractivity contribution in [1.82, 2.24) is 0 Å². The minimum atomic E-state index is -2.58. The Balaban J connectivity index is 1.80. The molecule has 34 heavy (non-hydrogen) atoms. The van der Waals surface area contributed by atoms with Gasteiger partial charge in [0.05, 0.1) is 13.2 Å². The molecular weight excluding hydrogens is 472 g/mol. The highest BCUT2D eigenvalue weighted by molar-refractivity contribution is 5.05. The van der Waals surface area contributed by atoms with Gasteiger partial charge in [-0.1, -0.05) is 0 Å². The second-order valence-corrected chi connectivity index (χ2v) is 8.59. The highest BCUT2D eigenvalue weighted by Crippen LogP contribution is 2.39. The molecule has 0 bridgehead atoms. The Morgan fingerprint density at radius 1 is 0.647 bits per heavy atom. The van der Waals surface area contributed by atoms with E-state index in [1.165, 1.54) is 0 Å². The van der Waals surface area contributed by atoms with Gasteiger partial charge in [-0.25, -0.2) is 0 Å². The Morgan fingerprint density at radius 2 is 1.18 bits per heavy atom. The van der Waals surface area contributed by atoms with Gasteiger partial charge in [0.2, 0.25) is 5.79 Å². The van der Waals surface area contributed by atoms with Crippen LogP contribution in [-0.4, -0.2) is 173 Å². The first-order chi connectivity index (χ1) is 15.9. The van der Waals surface area contributed by atoms with Crippen molar-refractivity contribution < 1.29 is 80.2 Å². The first-order valence-corrected chi connectivity index (χ1v) is 10.6. The summed E-state index contributed by atoms with van der Waals surface area (Å²) in [5.74, 6) is -2.58. The molecule has 0 aromatic rings. The van der Waals surface area contributed by atoms with Crippen molar-refractivity contribution in [2.75, 3.05) is 19.8 Å². The Kier molecular flexibility index (Phi) is 8.85. The lowest BCUT2D eigenvalue weighted by Gasteiger charge is -2.44. The van der Waals surface area contributed by atoms with Gasteiger partial charge in [-0.2, -0.15) is 0 Å². The van der Waals surface area contributed by atoms with Crippen molar-refractivity contribution in [2.24, 2.45) is 0 Å². The lowest BCUT2D eigenvalue weighted by molar-refractivity contribution is -0.386. The molecule has 0 spiro atoms. The van der Waals surface area contributed by atoms with Gasteiger partial charge in [-0.15, -0.1) is 0 Å². The minimum Gasteiger partial charge on any atom is -0.394 e. The Bertz CT molecular complexity index is 666. The van der Waals surface area contributed by atoms with Crippen LogP contribution in [0.15, 0.2) is 0 Å². The molecule has 3 heterocycles. The fourth-order valence-electron chi connectivity index (χ4n) is 4.31. The van der Waals surface area contributed by atoms with Crippen LogP contribution in [0.3, 0.4) is 0 Å². The van der Waals surface area contributed by atoms with Gasteiger partial charge < -0.3 is 80.2 Å². The number of ether oxygens (including phenoxy) is 4. The van der Waals surface area contributed by atoms with E-state index in [2.05, 4.69) is 0 Å². The first-order valence-electron chi connectivity index (χ1n) is 10.6. The van der Waals surface area contributed by atoms with Gasteiger partial charge in [0.1, 0.15) is 86.0 Å². The van der Waals surface area contributed by atoms with E-state index >= 15 is 0 Å². The van der Waals surface area contributed by atoms with E-state index in [1.54, 1.807) is 0 Å². The molecule has 3 aliphatic rings. The molecule has 3 aliphatic heterocycles. The summed E-state index contributed by atoms with van der Waals surface area (Å²) in [5, 5.41) is 120. The fourth-order valence-corrected chi connectivity index (χ4v) is 4.31. The number of hydrogen-bond donors (Lipinski definition) is 12. The van der Waals surface area contributed by atoms with Crippen LogP contribution in [0.1, 0.15) is 0 Å². The van der Waals surface area contributed by atoms with Crippen LogP contribution in [-0.2, 0) is 18.9 Å². The summed E-state index contributed by atoms with van der Waals surface area (Å²) in [6.45, 7) is -2.80.